The lowest BCUT2D eigenvalue weighted by atomic mass is 10.1. The van der Waals surface area contributed by atoms with Gasteiger partial charge in [0.2, 0.25) is 0 Å². The van der Waals surface area contributed by atoms with E-state index in [1.54, 1.807) is 22.7 Å². The second-order valence-electron chi connectivity index (χ2n) is 5.43. The molecule has 2 aromatic rings. The molecule has 2 rings (SSSR count). The predicted molar refractivity (Wildman–Crippen MR) is 92.2 cm³/mol. The van der Waals surface area contributed by atoms with Crippen molar-refractivity contribution < 1.29 is 0 Å². The number of halogens is 1. The van der Waals surface area contributed by atoms with E-state index in [-0.39, 0.29) is 0 Å². The topological polar surface area (TPSA) is 12.0 Å². The van der Waals surface area contributed by atoms with Crippen molar-refractivity contribution in [1.29, 1.82) is 0 Å². The molecule has 1 N–H and O–H groups in total. The van der Waals surface area contributed by atoms with Crippen LogP contribution in [0.5, 0.6) is 0 Å². The predicted octanol–water partition coefficient (Wildman–Crippen LogP) is 5.97. The largest absolute Gasteiger partial charge is 0.305 e. The molecule has 0 aliphatic carbocycles. The minimum Gasteiger partial charge on any atom is -0.305 e. The fourth-order valence-corrected chi connectivity index (χ4v) is 4.25. The van der Waals surface area contributed by atoms with Gasteiger partial charge in [0.15, 0.2) is 0 Å². The molecule has 0 fully saturated rings. The Labute approximate surface area is 135 Å². The average Bonchev–Trinajstić information content (AvgIpc) is 3.05. The van der Waals surface area contributed by atoms with E-state index in [0.717, 1.165) is 16.8 Å². The van der Waals surface area contributed by atoms with Crippen LogP contribution in [-0.4, -0.2) is 6.54 Å². The Morgan fingerprint density at radius 3 is 2.60 bits per heavy atom. The van der Waals surface area contributed by atoms with E-state index in [1.165, 1.54) is 29.0 Å². The van der Waals surface area contributed by atoms with Gasteiger partial charge < -0.3 is 5.32 Å². The molecule has 4 heteroatoms. The van der Waals surface area contributed by atoms with Crippen LogP contribution in [0.3, 0.4) is 0 Å². The lowest BCUT2D eigenvalue weighted by molar-refractivity contribution is 0.509. The van der Waals surface area contributed by atoms with Crippen LogP contribution in [0.25, 0.3) is 0 Å². The summed E-state index contributed by atoms with van der Waals surface area (Å²) in [6, 6.07) is 8.74. The summed E-state index contributed by atoms with van der Waals surface area (Å²) in [5, 5.41) is 5.82. The van der Waals surface area contributed by atoms with Crippen molar-refractivity contribution in [2.75, 3.05) is 6.54 Å². The molecular formula is C16H22ClNS2. The summed E-state index contributed by atoms with van der Waals surface area (Å²) in [5.41, 5.74) is 0. The number of thiophene rings is 2. The molecular weight excluding hydrogens is 306 g/mol. The molecule has 0 aliphatic heterocycles. The van der Waals surface area contributed by atoms with Crippen LogP contribution in [0.4, 0.5) is 0 Å². The number of nitrogens with one attached hydrogen (secondary N) is 1. The molecule has 0 spiro atoms. The van der Waals surface area contributed by atoms with Gasteiger partial charge in [-0.2, -0.15) is 0 Å². The van der Waals surface area contributed by atoms with E-state index in [2.05, 4.69) is 42.7 Å². The molecule has 2 heterocycles. The standard InChI is InChI=1S/C16H22ClNS2/c1-12(2)6-3-4-10-18-16(13-7-5-11-19-13)14-8-9-15(17)20-14/h5,7-9,11-12,16,18H,3-4,6,10H2,1-2H3. The first kappa shape index (κ1) is 16.0. The maximum atomic E-state index is 6.08. The number of unbranched alkanes of at least 4 members (excludes halogenated alkanes) is 1. The third-order valence-electron chi connectivity index (χ3n) is 3.26. The minimum absolute atomic E-state index is 0.298. The highest BCUT2D eigenvalue weighted by atomic mass is 35.5. The van der Waals surface area contributed by atoms with Crippen LogP contribution < -0.4 is 5.32 Å². The van der Waals surface area contributed by atoms with Gasteiger partial charge in [-0.3, -0.25) is 0 Å². The number of hydrogen-bond acceptors (Lipinski definition) is 3. The van der Waals surface area contributed by atoms with Gasteiger partial charge in [-0.05, 0) is 42.5 Å². The average molecular weight is 328 g/mol. The van der Waals surface area contributed by atoms with E-state index in [1.807, 2.05) is 6.07 Å². The van der Waals surface area contributed by atoms with E-state index < -0.39 is 0 Å². The minimum atomic E-state index is 0.298. The quantitative estimate of drug-likeness (QED) is 0.589. The van der Waals surface area contributed by atoms with E-state index in [4.69, 9.17) is 11.6 Å². The lowest BCUT2D eigenvalue weighted by Crippen LogP contribution is -2.22. The first-order chi connectivity index (χ1) is 9.66. The van der Waals surface area contributed by atoms with Gasteiger partial charge in [0.25, 0.3) is 0 Å². The van der Waals surface area contributed by atoms with Gasteiger partial charge in [0.05, 0.1) is 10.4 Å². The smallest absolute Gasteiger partial charge is 0.0931 e. The zero-order valence-electron chi connectivity index (χ0n) is 12.1. The normalized spacial score (nSPS) is 13.0. The van der Waals surface area contributed by atoms with Crippen LogP contribution in [0.1, 0.15) is 48.9 Å². The highest BCUT2D eigenvalue weighted by molar-refractivity contribution is 7.16. The molecule has 1 nitrogen and oxygen atoms in total. The second kappa shape index (κ2) is 8.18. The molecule has 20 heavy (non-hydrogen) atoms. The van der Waals surface area contributed by atoms with Crippen molar-refractivity contribution in [3.05, 3.63) is 43.7 Å². The Hall–Kier alpha value is -0.350. The molecule has 0 saturated carbocycles. The van der Waals surface area contributed by atoms with Crippen molar-refractivity contribution >= 4 is 34.3 Å². The van der Waals surface area contributed by atoms with E-state index >= 15 is 0 Å². The molecule has 0 aromatic carbocycles. The summed E-state index contributed by atoms with van der Waals surface area (Å²) >= 11 is 9.56. The molecule has 0 amide bonds. The fraction of sp³-hybridized carbons (Fsp3) is 0.500. The maximum Gasteiger partial charge on any atom is 0.0931 e. The van der Waals surface area contributed by atoms with Crippen molar-refractivity contribution in [3.8, 4) is 0 Å². The molecule has 2 aromatic heterocycles. The zero-order valence-corrected chi connectivity index (χ0v) is 14.5. The molecule has 0 radical (unpaired) electrons. The Morgan fingerprint density at radius 2 is 2.00 bits per heavy atom. The summed E-state index contributed by atoms with van der Waals surface area (Å²) in [7, 11) is 0. The summed E-state index contributed by atoms with van der Waals surface area (Å²) in [5.74, 6) is 0.805. The van der Waals surface area contributed by atoms with Crippen LogP contribution in [0.2, 0.25) is 4.34 Å². The Balaban J connectivity index is 1.91. The molecule has 0 aliphatic rings. The maximum absolute atomic E-state index is 6.08. The fourth-order valence-electron chi connectivity index (χ4n) is 2.20. The van der Waals surface area contributed by atoms with Crippen molar-refractivity contribution in [3.63, 3.8) is 0 Å². The molecule has 0 saturated heterocycles. The van der Waals surface area contributed by atoms with Crippen LogP contribution in [0, 0.1) is 5.92 Å². The second-order valence-corrected chi connectivity index (χ2v) is 8.16. The highest BCUT2D eigenvalue weighted by Crippen LogP contribution is 2.33. The summed E-state index contributed by atoms with van der Waals surface area (Å²) in [4.78, 5) is 2.67. The SMILES string of the molecule is CC(C)CCCCNC(c1cccs1)c1ccc(Cl)s1. The molecule has 0 bridgehead atoms. The monoisotopic (exact) mass is 327 g/mol. The zero-order chi connectivity index (χ0) is 14.4. The van der Waals surface area contributed by atoms with Gasteiger partial charge in [-0.1, -0.05) is 44.4 Å². The van der Waals surface area contributed by atoms with Crippen LogP contribution in [0.15, 0.2) is 29.6 Å². The lowest BCUT2D eigenvalue weighted by Gasteiger charge is -2.16. The van der Waals surface area contributed by atoms with Crippen molar-refractivity contribution in [1.82, 2.24) is 5.32 Å². The number of rotatable bonds is 8. The van der Waals surface area contributed by atoms with Crippen LogP contribution in [-0.2, 0) is 0 Å². The number of hydrogen-bond donors (Lipinski definition) is 1. The third-order valence-corrected chi connectivity index (χ3v) is 5.50. The summed E-state index contributed by atoms with van der Waals surface area (Å²) < 4.78 is 0.864. The van der Waals surface area contributed by atoms with Crippen LogP contribution >= 0.6 is 34.3 Å². The third kappa shape index (κ3) is 4.88. The first-order valence-electron chi connectivity index (χ1n) is 7.19. The highest BCUT2D eigenvalue weighted by Gasteiger charge is 2.16. The molecule has 110 valence electrons. The van der Waals surface area contributed by atoms with Crippen molar-refractivity contribution in [2.24, 2.45) is 5.92 Å². The van der Waals surface area contributed by atoms with E-state index in [9.17, 15) is 0 Å². The van der Waals surface area contributed by atoms with Gasteiger partial charge in [0, 0.05) is 9.75 Å². The Kier molecular flexibility index (Phi) is 6.56. The first-order valence-corrected chi connectivity index (χ1v) is 9.26. The summed E-state index contributed by atoms with van der Waals surface area (Å²) in [6.45, 7) is 5.63. The van der Waals surface area contributed by atoms with Gasteiger partial charge in [-0.25, -0.2) is 0 Å². The summed E-state index contributed by atoms with van der Waals surface area (Å²) in [6.07, 6.45) is 3.85. The van der Waals surface area contributed by atoms with E-state index in [0.29, 0.717) is 6.04 Å². The van der Waals surface area contributed by atoms with Gasteiger partial charge in [0.1, 0.15) is 0 Å². The van der Waals surface area contributed by atoms with Gasteiger partial charge in [-0.15, -0.1) is 22.7 Å². The Bertz CT molecular complexity index is 490. The molecule has 1 atom stereocenters. The van der Waals surface area contributed by atoms with Crippen molar-refractivity contribution in [2.45, 2.75) is 39.2 Å². The van der Waals surface area contributed by atoms with Gasteiger partial charge >= 0.3 is 0 Å². The Morgan fingerprint density at radius 1 is 1.15 bits per heavy atom. The molecule has 1 unspecified atom stereocenters.